The molecule has 1 heterocycles. The minimum atomic E-state index is 0.567. The number of hydrogen-bond acceptors (Lipinski definition) is 4. The lowest BCUT2D eigenvalue weighted by atomic mass is 10.2. The van der Waals surface area contributed by atoms with E-state index in [1.54, 1.807) is 24.4 Å². The van der Waals surface area contributed by atoms with Crippen molar-refractivity contribution in [1.29, 1.82) is 0 Å². The van der Waals surface area contributed by atoms with Crippen molar-refractivity contribution in [1.82, 2.24) is 4.98 Å². The fraction of sp³-hybridized carbons (Fsp3) is 0.143. The van der Waals surface area contributed by atoms with Gasteiger partial charge in [0.15, 0.2) is 0 Å². The van der Waals surface area contributed by atoms with Crippen molar-refractivity contribution in [3.63, 3.8) is 0 Å². The van der Waals surface area contributed by atoms with Crippen molar-refractivity contribution < 1.29 is 9.53 Å². The van der Waals surface area contributed by atoms with Crippen LogP contribution in [0.3, 0.4) is 0 Å². The van der Waals surface area contributed by atoms with Crippen LogP contribution in [-0.2, 0) is 4.79 Å². The van der Waals surface area contributed by atoms with Crippen LogP contribution >= 0.6 is 0 Å². The molecule has 90 valence electrons. The van der Waals surface area contributed by atoms with E-state index in [4.69, 9.17) is 4.74 Å². The standard InChI is InChI=1S/C14H12N2O2/c1-10-7-12(16-9-17)4-6-14(10)18-13-5-3-11(2)15-8-13/h3-8H,1-2H3. The summed E-state index contributed by atoms with van der Waals surface area (Å²) in [5.41, 5.74) is 2.40. The molecule has 0 bridgehead atoms. The summed E-state index contributed by atoms with van der Waals surface area (Å²) in [6, 6.07) is 8.98. The van der Waals surface area contributed by atoms with E-state index in [0.29, 0.717) is 17.2 Å². The smallest absolute Gasteiger partial charge is 0.240 e. The van der Waals surface area contributed by atoms with Gasteiger partial charge in [-0.25, -0.2) is 4.79 Å². The molecule has 4 nitrogen and oxygen atoms in total. The minimum Gasteiger partial charge on any atom is -0.455 e. The molecule has 2 aromatic rings. The van der Waals surface area contributed by atoms with Crippen molar-refractivity contribution in [3.05, 3.63) is 47.8 Å². The fourth-order valence-electron chi connectivity index (χ4n) is 1.51. The molecule has 0 atom stereocenters. The summed E-state index contributed by atoms with van der Waals surface area (Å²) >= 11 is 0. The molecule has 0 spiro atoms. The van der Waals surface area contributed by atoms with Crippen LogP contribution in [0.25, 0.3) is 0 Å². The third-order valence-corrected chi connectivity index (χ3v) is 2.45. The summed E-state index contributed by atoms with van der Waals surface area (Å²) in [6.07, 6.45) is 3.18. The number of benzene rings is 1. The quantitative estimate of drug-likeness (QED) is 0.609. The van der Waals surface area contributed by atoms with E-state index >= 15 is 0 Å². The molecular weight excluding hydrogens is 228 g/mol. The highest BCUT2D eigenvalue weighted by Crippen LogP contribution is 2.27. The molecule has 0 radical (unpaired) electrons. The second-order valence-electron chi connectivity index (χ2n) is 3.89. The zero-order valence-electron chi connectivity index (χ0n) is 10.2. The van der Waals surface area contributed by atoms with Crippen molar-refractivity contribution in [3.8, 4) is 11.5 Å². The maximum absolute atomic E-state index is 10.2. The van der Waals surface area contributed by atoms with Gasteiger partial charge in [0, 0.05) is 5.69 Å². The average Bonchev–Trinajstić information content (AvgIpc) is 2.36. The maximum Gasteiger partial charge on any atom is 0.240 e. The Kier molecular flexibility index (Phi) is 3.51. The first-order valence-corrected chi connectivity index (χ1v) is 5.48. The number of rotatable bonds is 3. The molecule has 0 saturated heterocycles. The first kappa shape index (κ1) is 12.0. The normalized spacial score (nSPS) is 9.67. The van der Waals surface area contributed by atoms with Crippen LogP contribution in [0.2, 0.25) is 0 Å². The largest absolute Gasteiger partial charge is 0.455 e. The Labute approximate surface area is 105 Å². The van der Waals surface area contributed by atoms with Gasteiger partial charge >= 0.3 is 0 Å². The van der Waals surface area contributed by atoms with Crippen LogP contribution in [0.1, 0.15) is 11.3 Å². The monoisotopic (exact) mass is 240 g/mol. The minimum absolute atomic E-state index is 0.567. The molecule has 1 aromatic heterocycles. The van der Waals surface area contributed by atoms with Gasteiger partial charge in [-0.15, -0.1) is 0 Å². The van der Waals surface area contributed by atoms with Gasteiger partial charge in [-0.2, -0.15) is 4.99 Å². The number of aromatic nitrogens is 1. The zero-order valence-corrected chi connectivity index (χ0v) is 10.2. The Morgan fingerprint density at radius 2 is 2.06 bits per heavy atom. The topological polar surface area (TPSA) is 51.5 Å². The van der Waals surface area contributed by atoms with Gasteiger partial charge in [-0.1, -0.05) is 0 Å². The Morgan fingerprint density at radius 1 is 1.22 bits per heavy atom. The highest BCUT2D eigenvalue weighted by Gasteiger charge is 2.03. The summed E-state index contributed by atoms with van der Waals surface area (Å²) in [7, 11) is 0. The van der Waals surface area contributed by atoms with Gasteiger partial charge in [-0.3, -0.25) is 4.98 Å². The van der Waals surface area contributed by atoms with E-state index in [2.05, 4.69) is 9.98 Å². The Morgan fingerprint density at radius 3 is 2.67 bits per heavy atom. The van der Waals surface area contributed by atoms with Crippen LogP contribution in [0, 0.1) is 13.8 Å². The zero-order chi connectivity index (χ0) is 13.0. The predicted octanol–water partition coefficient (Wildman–Crippen LogP) is 3.46. The molecule has 1 aromatic carbocycles. The number of carbonyl (C=O) groups excluding carboxylic acids is 1. The lowest BCUT2D eigenvalue weighted by Gasteiger charge is -2.08. The highest BCUT2D eigenvalue weighted by atomic mass is 16.5. The molecule has 0 amide bonds. The van der Waals surface area contributed by atoms with Gasteiger partial charge in [0.1, 0.15) is 11.5 Å². The maximum atomic E-state index is 10.2. The first-order chi connectivity index (χ1) is 8.69. The molecular formula is C14H12N2O2. The molecule has 0 N–H and O–H groups in total. The van der Waals surface area contributed by atoms with E-state index in [-0.39, 0.29) is 0 Å². The fourth-order valence-corrected chi connectivity index (χ4v) is 1.51. The van der Waals surface area contributed by atoms with E-state index < -0.39 is 0 Å². The Bertz CT molecular complexity index is 600. The number of ether oxygens (including phenoxy) is 1. The van der Waals surface area contributed by atoms with E-state index in [1.165, 1.54) is 6.08 Å². The van der Waals surface area contributed by atoms with Crippen molar-refractivity contribution in [2.24, 2.45) is 4.99 Å². The van der Waals surface area contributed by atoms with Crippen LogP contribution in [-0.4, -0.2) is 11.1 Å². The summed E-state index contributed by atoms with van der Waals surface area (Å²) in [6.45, 7) is 3.81. The van der Waals surface area contributed by atoms with Gasteiger partial charge in [0.2, 0.25) is 6.08 Å². The van der Waals surface area contributed by atoms with Gasteiger partial charge in [0.25, 0.3) is 0 Å². The van der Waals surface area contributed by atoms with E-state index in [1.807, 2.05) is 26.0 Å². The van der Waals surface area contributed by atoms with Crippen LogP contribution < -0.4 is 4.74 Å². The number of pyridine rings is 1. The van der Waals surface area contributed by atoms with Crippen LogP contribution in [0.5, 0.6) is 11.5 Å². The van der Waals surface area contributed by atoms with Gasteiger partial charge < -0.3 is 4.74 Å². The lowest BCUT2D eigenvalue weighted by Crippen LogP contribution is -1.89. The summed E-state index contributed by atoms with van der Waals surface area (Å²) < 4.78 is 5.69. The van der Waals surface area contributed by atoms with Gasteiger partial charge in [-0.05, 0) is 49.7 Å². The molecule has 18 heavy (non-hydrogen) atoms. The molecule has 0 aliphatic heterocycles. The number of aliphatic imine (C=N–C) groups is 1. The van der Waals surface area contributed by atoms with Crippen molar-refractivity contribution >= 4 is 11.8 Å². The van der Waals surface area contributed by atoms with E-state index in [9.17, 15) is 4.79 Å². The molecule has 0 aliphatic carbocycles. The lowest BCUT2D eigenvalue weighted by molar-refractivity contribution is 0.476. The molecule has 2 rings (SSSR count). The van der Waals surface area contributed by atoms with Crippen LogP contribution in [0.4, 0.5) is 5.69 Å². The Hall–Kier alpha value is -2.45. The number of isocyanates is 1. The molecule has 4 heteroatoms. The Balaban J connectivity index is 2.24. The average molecular weight is 240 g/mol. The summed E-state index contributed by atoms with van der Waals surface area (Å²) in [5, 5.41) is 0. The number of hydrogen-bond donors (Lipinski definition) is 0. The van der Waals surface area contributed by atoms with Gasteiger partial charge in [0.05, 0.1) is 11.9 Å². The SMILES string of the molecule is Cc1ccc(Oc2ccc(N=C=O)cc2C)cn1. The number of nitrogens with zero attached hydrogens (tertiary/aromatic N) is 2. The third-order valence-electron chi connectivity index (χ3n) is 2.45. The van der Waals surface area contributed by atoms with Crippen molar-refractivity contribution in [2.45, 2.75) is 13.8 Å². The first-order valence-electron chi connectivity index (χ1n) is 5.48. The molecule has 0 aliphatic rings. The van der Waals surface area contributed by atoms with Crippen molar-refractivity contribution in [2.75, 3.05) is 0 Å². The van der Waals surface area contributed by atoms with E-state index in [0.717, 1.165) is 11.3 Å². The second kappa shape index (κ2) is 5.25. The molecule has 0 unspecified atom stereocenters. The third kappa shape index (κ3) is 2.81. The second-order valence-corrected chi connectivity index (χ2v) is 3.89. The predicted molar refractivity (Wildman–Crippen MR) is 68.0 cm³/mol. The number of aryl methyl sites for hydroxylation is 2. The van der Waals surface area contributed by atoms with Crippen LogP contribution in [0.15, 0.2) is 41.5 Å². The summed E-state index contributed by atoms with van der Waals surface area (Å²) in [5.74, 6) is 1.39. The molecule has 0 fully saturated rings. The molecule has 0 saturated carbocycles. The summed E-state index contributed by atoms with van der Waals surface area (Å²) in [4.78, 5) is 17.9. The highest BCUT2D eigenvalue weighted by molar-refractivity contribution is 5.53.